The van der Waals surface area contributed by atoms with Crippen LogP contribution in [0.4, 0.5) is 0 Å². The molecule has 0 spiro atoms. The molecule has 0 amide bonds. The first-order valence-corrected chi connectivity index (χ1v) is 11.9. The Balaban J connectivity index is 2.16. The van der Waals surface area contributed by atoms with Crippen molar-refractivity contribution in [2.45, 2.75) is 6.42 Å². The SMILES string of the molecule is COc1ccc(/C=C/C(=O)C(CC[NH3+])C(=O)/C=C/c2ccc(OC)c(OCC[NH3+])c2)cc1OCC[NH3+]. The van der Waals surface area contributed by atoms with Crippen LogP contribution in [-0.2, 0) is 9.59 Å². The lowest BCUT2D eigenvalue weighted by molar-refractivity contribution is -0.371. The Bertz CT molecular complexity index is 986. The molecule has 0 heterocycles. The maximum Gasteiger partial charge on any atom is 0.166 e. The predicted octanol–water partition coefficient (Wildman–Crippen LogP) is 0.0582. The molecule has 9 heteroatoms. The minimum absolute atomic E-state index is 0.279. The molecule has 0 atom stereocenters. The van der Waals surface area contributed by atoms with Crippen LogP contribution in [-0.4, -0.2) is 58.6 Å². The molecule has 0 aliphatic heterocycles. The molecule has 2 aromatic rings. The van der Waals surface area contributed by atoms with Gasteiger partial charge in [0, 0.05) is 6.42 Å². The van der Waals surface area contributed by atoms with Gasteiger partial charge in [0.05, 0.1) is 26.7 Å². The number of allylic oxidation sites excluding steroid dienone is 2. The summed E-state index contributed by atoms with van der Waals surface area (Å²) < 4.78 is 22.0. The molecule has 0 bridgehead atoms. The Kier molecular flexibility index (Phi) is 12.2. The van der Waals surface area contributed by atoms with E-state index in [9.17, 15) is 9.59 Å². The second-order valence-corrected chi connectivity index (χ2v) is 7.89. The number of benzene rings is 2. The maximum absolute atomic E-state index is 12.9. The zero-order valence-corrected chi connectivity index (χ0v) is 21.2. The molecular formula is C27H38N3O6+3. The Hall–Kier alpha value is -3.66. The number of rotatable bonds is 16. The summed E-state index contributed by atoms with van der Waals surface area (Å²) in [4.78, 5) is 25.8. The monoisotopic (exact) mass is 500 g/mol. The maximum atomic E-state index is 12.9. The fourth-order valence-electron chi connectivity index (χ4n) is 3.40. The van der Waals surface area contributed by atoms with Crippen LogP contribution in [0.3, 0.4) is 0 Å². The average molecular weight is 501 g/mol. The fraction of sp³-hybridized carbons (Fsp3) is 0.333. The van der Waals surface area contributed by atoms with Crippen molar-refractivity contribution in [1.82, 2.24) is 0 Å². The molecule has 0 fully saturated rings. The van der Waals surface area contributed by atoms with Gasteiger partial charge in [0.2, 0.25) is 0 Å². The summed E-state index contributed by atoms with van der Waals surface area (Å²) in [7, 11) is 3.13. The zero-order chi connectivity index (χ0) is 26.3. The van der Waals surface area contributed by atoms with Gasteiger partial charge in [0.25, 0.3) is 0 Å². The molecule has 0 saturated heterocycles. The van der Waals surface area contributed by atoms with E-state index in [1.54, 1.807) is 50.6 Å². The summed E-state index contributed by atoms with van der Waals surface area (Å²) in [6.45, 7) is 2.59. The topological polar surface area (TPSA) is 154 Å². The van der Waals surface area contributed by atoms with Gasteiger partial charge in [-0.2, -0.15) is 0 Å². The standard InChI is InChI=1S/C27H35N3O6/c1-33-24-9-5-19(17-26(24)35-15-13-29)3-7-22(31)21(11-12-28)23(32)8-4-20-6-10-25(34-2)27(18-20)36-16-14-30/h3-10,17-18,21H,11-16,28-30H2,1-2H3/p+3/b7-3+,8-4+. The highest BCUT2D eigenvalue weighted by Crippen LogP contribution is 2.29. The Morgan fingerprint density at radius 2 is 1.17 bits per heavy atom. The van der Waals surface area contributed by atoms with Gasteiger partial charge in [0.15, 0.2) is 34.6 Å². The van der Waals surface area contributed by atoms with Crippen LogP contribution in [0.2, 0.25) is 0 Å². The van der Waals surface area contributed by atoms with E-state index in [2.05, 4.69) is 17.2 Å². The minimum atomic E-state index is -0.810. The van der Waals surface area contributed by atoms with E-state index >= 15 is 0 Å². The van der Waals surface area contributed by atoms with Crippen LogP contribution in [0.25, 0.3) is 12.2 Å². The molecule has 0 aromatic heterocycles. The molecule has 2 aromatic carbocycles. The van der Waals surface area contributed by atoms with Gasteiger partial charge in [-0.05, 0) is 47.5 Å². The summed E-state index contributed by atoms with van der Waals surface area (Å²) in [6, 6.07) is 10.7. The first-order valence-electron chi connectivity index (χ1n) is 11.9. The number of methoxy groups -OCH3 is 2. The van der Waals surface area contributed by atoms with Crippen LogP contribution in [0.1, 0.15) is 17.5 Å². The highest BCUT2D eigenvalue weighted by molar-refractivity contribution is 6.13. The average Bonchev–Trinajstić information content (AvgIpc) is 2.90. The third kappa shape index (κ3) is 8.53. The minimum Gasteiger partial charge on any atom is -0.493 e. The molecule has 0 aliphatic carbocycles. The molecule has 0 unspecified atom stereocenters. The van der Waals surface area contributed by atoms with E-state index in [0.29, 0.717) is 62.3 Å². The van der Waals surface area contributed by atoms with E-state index < -0.39 is 5.92 Å². The third-order valence-corrected chi connectivity index (χ3v) is 5.24. The van der Waals surface area contributed by atoms with E-state index in [4.69, 9.17) is 18.9 Å². The molecule has 9 nitrogen and oxygen atoms in total. The van der Waals surface area contributed by atoms with E-state index in [1.807, 2.05) is 12.1 Å². The smallest absolute Gasteiger partial charge is 0.166 e. The number of carbonyl (C=O) groups excluding carboxylic acids is 2. The molecule has 2 rings (SSSR count). The van der Waals surface area contributed by atoms with Gasteiger partial charge in [-0.3, -0.25) is 9.59 Å². The van der Waals surface area contributed by atoms with Gasteiger partial charge in [-0.1, -0.05) is 24.3 Å². The number of hydrogen-bond donors (Lipinski definition) is 3. The molecular weight excluding hydrogens is 462 g/mol. The second-order valence-electron chi connectivity index (χ2n) is 7.89. The van der Waals surface area contributed by atoms with Crippen molar-refractivity contribution in [3.63, 3.8) is 0 Å². The molecule has 0 saturated carbocycles. The highest BCUT2D eigenvalue weighted by atomic mass is 16.5. The normalized spacial score (nSPS) is 11.3. The van der Waals surface area contributed by atoms with Crippen LogP contribution in [0.5, 0.6) is 23.0 Å². The lowest BCUT2D eigenvalue weighted by Gasteiger charge is -2.11. The van der Waals surface area contributed by atoms with Gasteiger partial charge in [-0.15, -0.1) is 0 Å². The third-order valence-electron chi connectivity index (χ3n) is 5.24. The van der Waals surface area contributed by atoms with Crippen molar-refractivity contribution in [3.05, 3.63) is 59.7 Å². The number of quaternary nitrogens is 3. The van der Waals surface area contributed by atoms with E-state index in [1.165, 1.54) is 12.2 Å². The summed E-state index contributed by atoms with van der Waals surface area (Å²) in [5.74, 6) is 0.970. The Labute approximate surface area is 211 Å². The summed E-state index contributed by atoms with van der Waals surface area (Å²) in [6.07, 6.45) is 6.55. The van der Waals surface area contributed by atoms with Crippen molar-refractivity contribution in [3.8, 4) is 23.0 Å². The van der Waals surface area contributed by atoms with Gasteiger partial charge >= 0.3 is 0 Å². The fourth-order valence-corrected chi connectivity index (χ4v) is 3.40. The predicted molar refractivity (Wildman–Crippen MR) is 136 cm³/mol. The van der Waals surface area contributed by atoms with Crippen LogP contribution < -0.4 is 36.1 Å². The number of ether oxygens (including phenoxy) is 4. The first kappa shape index (κ1) is 28.6. The van der Waals surface area contributed by atoms with Gasteiger partial charge < -0.3 is 36.1 Å². The molecule has 0 radical (unpaired) electrons. The quantitative estimate of drug-likeness (QED) is 0.219. The van der Waals surface area contributed by atoms with E-state index in [-0.39, 0.29) is 11.6 Å². The summed E-state index contributed by atoms with van der Waals surface area (Å²) >= 11 is 0. The van der Waals surface area contributed by atoms with Gasteiger partial charge in [0.1, 0.15) is 26.3 Å². The molecule has 194 valence electrons. The lowest BCUT2D eigenvalue weighted by atomic mass is 9.93. The highest BCUT2D eigenvalue weighted by Gasteiger charge is 2.22. The molecule has 0 aliphatic rings. The molecule has 9 N–H and O–H groups in total. The largest absolute Gasteiger partial charge is 0.493 e. The lowest BCUT2D eigenvalue weighted by Crippen LogP contribution is -2.52. The van der Waals surface area contributed by atoms with Crippen molar-refractivity contribution in [2.24, 2.45) is 5.92 Å². The number of ketones is 2. The van der Waals surface area contributed by atoms with Crippen molar-refractivity contribution in [1.29, 1.82) is 0 Å². The first-order chi connectivity index (χ1) is 17.5. The Morgan fingerprint density at radius 1 is 0.722 bits per heavy atom. The zero-order valence-electron chi connectivity index (χ0n) is 21.2. The summed E-state index contributed by atoms with van der Waals surface area (Å²) in [5.41, 5.74) is 12.9. The van der Waals surface area contributed by atoms with Crippen LogP contribution in [0.15, 0.2) is 48.6 Å². The van der Waals surface area contributed by atoms with Crippen molar-refractivity contribution < 1.29 is 45.7 Å². The van der Waals surface area contributed by atoms with Crippen LogP contribution in [0, 0.1) is 5.92 Å². The van der Waals surface area contributed by atoms with Crippen LogP contribution >= 0.6 is 0 Å². The van der Waals surface area contributed by atoms with Crippen molar-refractivity contribution >= 4 is 23.7 Å². The van der Waals surface area contributed by atoms with Gasteiger partial charge in [-0.25, -0.2) is 0 Å². The van der Waals surface area contributed by atoms with Crippen molar-refractivity contribution in [2.75, 3.05) is 47.1 Å². The second kappa shape index (κ2) is 15.4. The summed E-state index contributed by atoms with van der Waals surface area (Å²) in [5, 5.41) is 0. The molecule has 36 heavy (non-hydrogen) atoms. The number of hydrogen-bond acceptors (Lipinski definition) is 6. The Morgan fingerprint density at radius 3 is 1.53 bits per heavy atom. The van der Waals surface area contributed by atoms with E-state index in [0.717, 1.165) is 11.1 Å². The number of carbonyl (C=O) groups is 2.